The summed E-state index contributed by atoms with van der Waals surface area (Å²) in [7, 11) is 1.89. The van der Waals surface area contributed by atoms with E-state index >= 15 is 0 Å². The van der Waals surface area contributed by atoms with E-state index in [2.05, 4.69) is 37.2 Å². The summed E-state index contributed by atoms with van der Waals surface area (Å²) in [6.07, 6.45) is 0. The highest BCUT2D eigenvalue weighted by Crippen LogP contribution is 2.28. The molecule has 0 aliphatic heterocycles. The normalized spacial score (nSPS) is 10.6. The van der Waals surface area contributed by atoms with Crippen LogP contribution in [0.15, 0.2) is 43.7 Å². The van der Waals surface area contributed by atoms with E-state index in [0.717, 1.165) is 32.8 Å². The minimum Gasteiger partial charge on any atom is -0.484 e. The summed E-state index contributed by atoms with van der Waals surface area (Å²) in [6.45, 7) is 1.14. The van der Waals surface area contributed by atoms with Gasteiger partial charge in [0.1, 0.15) is 23.9 Å². The van der Waals surface area contributed by atoms with Gasteiger partial charge in [-0.3, -0.25) is 0 Å². The van der Waals surface area contributed by atoms with Crippen molar-refractivity contribution in [2.24, 2.45) is 0 Å². The van der Waals surface area contributed by atoms with Crippen LogP contribution in [-0.4, -0.2) is 7.05 Å². The summed E-state index contributed by atoms with van der Waals surface area (Å²) in [4.78, 5) is 0. The van der Waals surface area contributed by atoms with Crippen LogP contribution in [0.1, 0.15) is 11.5 Å². The quantitative estimate of drug-likeness (QED) is 0.855. The molecule has 1 aromatic heterocycles. The minimum absolute atomic E-state index is 0.421. The number of ether oxygens (including phenoxy) is 1. The lowest BCUT2D eigenvalue weighted by Gasteiger charge is -2.06. The summed E-state index contributed by atoms with van der Waals surface area (Å²) in [6, 6.07) is 9.68. The lowest BCUT2D eigenvalue weighted by molar-refractivity contribution is 0.264. The Labute approximate surface area is 123 Å². The third-order valence-corrected chi connectivity index (χ3v) is 3.45. The van der Waals surface area contributed by atoms with E-state index in [1.165, 1.54) is 0 Å². The number of furan rings is 1. The zero-order chi connectivity index (χ0) is 13.0. The Balaban J connectivity index is 1.97. The van der Waals surface area contributed by atoms with E-state index < -0.39 is 0 Å². The van der Waals surface area contributed by atoms with Gasteiger partial charge in [0.2, 0.25) is 0 Å². The molecule has 1 heterocycles. The highest BCUT2D eigenvalue weighted by atomic mass is 79.9. The fourth-order valence-corrected chi connectivity index (χ4v) is 2.67. The maximum atomic E-state index is 5.69. The second-order valence-corrected chi connectivity index (χ2v) is 5.53. The number of halogens is 2. The molecule has 0 unspecified atom stereocenters. The first-order chi connectivity index (χ1) is 8.69. The van der Waals surface area contributed by atoms with Gasteiger partial charge in [0.05, 0.1) is 11.0 Å². The van der Waals surface area contributed by atoms with Crippen molar-refractivity contribution in [3.05, 3.63) is 50.8 Å². The summed E-state index contributed by atoms with van der Waals surface area (Å²) >= 11 is 6.86. The molecule has 0 bridgehead atoms. The van der Waals surface area contributed by atoms with Crippen molar-refractivity contribution in [3.63, 3.8) is 0 Å². The van der Waals surface area contributed by atoms with Crippen LogP contribution in [0.5, 0.6) is 5.75 Å². The van der Waals surface area contributed by atoms with Crippen molar-refractivity contribution >= 4 is 31.9 Å². The molecule has 2 rings (SSSR count). The fourth-order valence-electron chi connectivity index (χ4n) is 1.51. The van der Waals surface area contributed by atoms with Gasteiger partial charge in [0.25, 0.3) is 0 Å². The van der Waals surface area contributed by atoms with Crippen LogP contribution < -0.4 is 10.1 Å². The highest BCUT2D eigenvalue weighted by molar-refractivity contribution is 9.11. The summed E-state index contributed by atoms with van der Waals surface area (Å²) in [5, 5.41) is 3.04. The number of nitrogens with one attached hydrogen (secondary N) is 1. The molecule has 0 aliphatic rings. The Hall–Kier alpha value is -0.780. The zero-order valence-electron chi connectivity index (χ0n) is 9.87. The number of rotatable bonds is 5. The predicted octanol–water partition coefficient (Wildman–Crippen LogP) is 4.10. The number of hydrogen-bond donors (Lipinski definition) is 1. The van der Waals surface area contributed by atoms with Gasteiger partial charge in [-0.2, -0.15) is 0 Å². The molecular formula is C13H13Br2NO2. The van der Waals surface area contributed by atoms with Gasteiger partial charge in [0, 0.05) is 4.47 Å². The van der Waals surface area contributed by atoms with Crippen LogP contribution in [0.4, 0.5) is 0 Å². The average molecular weight is 375 g/mol. The standard InChI is InChI=1S/C13H13Br2NO2/c1-16-7-10-3-4-11(18-10)8-17-13-5-2-9(14)6-12(13)15/h2-6,16H,7-8H2,1H3. The van der Waals surface area contributed by atoms with Crippen molar-refractivity contribution < 1.29 is 9.15 Å². The van der Waals surface area contributed by atoms with E-state index in [4.69, 9.17) is 9.15 Å². The first kappa shape index (κ1) is 13.6. The molecule has 0 aliphatic carbocycles. The van der Waals surface area contributed by atoms with Crippen LogP contribution in [0.25, 0.3) is 0 Å². The van der Waals surface area contributed by atoms with Crippen molar-refractivity contribution in [1.29, 1.82) is 0 Å². The maximum Gasteiger partial charge on any atom is 0.146 e. The van der Waals surface area contributed by atoms with Gasteiger partial charge >= 0.3 is 0 Å². The monoisotopic (exact) mass is 373 g/mol. The lowest BCUT2D eigenvalue weighted by atomic mass is 10.3. The molecule has 0 saturated carbocycles. The van der Waals surface area contributed by atoms with E-state index in [1.54, 1.807) is 0 Å². The van der Waals surface area contributed by atoms with Crippen LogP contribution >= 0.6 is 31.9 Å². The van der Waals surface area contributed by atoms with Gasteiger partial charge in [-0.05, 0) is 53.3 Å². The molecule has 0 amide bonds. The molecule has 0 saturated heterocycles. The van der Waals surface area contributed by atoms with Crippen molar-refractivity contribution in [2.75, 3.05) is 7.05 Å². The third-order valence-electron chi connectivity index (χ3n) is 2.33. The molecule has 0 radical (unpaired) electrons. The molecule has 5 heteroatoms. The van der Waals surface area contributed by atoms with Crippen LogP contribution in [0.2, 0.25) is 0 Å². The van der Waals surface area contributed by atoms with Gasteiger partial charge < -0.3 is 14.5 Å². The van der Waals surface area contributed by atoms with E-state index in [-0.39, 0.29) is 0 Å². The molecule has 1 aromatic carbocycles. The second kappa shape index (κ2) is 6.41. The number of benzene rings is 1. The molecule has 0 fully saturated rings. The molecule has 0 atom stereocenters. The lowest BCUT2D eigenvalue weighted by Crippen LogP contribution is -2.03. The van der Waals surface area contributed by atoms with Crippen LogP contribution in [-0.2, 0) is 13.2 Å². The van der Waals surface area contributed by atoms with Crippen LogP contribution in [0.3, 0.4) is 0 Å². The Morgan fingerprint density at radius 1 is 1.17 bits per heavy atom. The molecule has 0 spiro atoms. The first-order valence-corrected chi connectivity index (χ1v) is 7.07. The largest absolute Gasteiger partial charge is 0.484 e. The van der Waals surface area contributed by atoms with Gasteiger partial charge in [-0.1, -0.05) is 15.9 Å². The predicted molar refractivity (Wildman–Crippen MR) is 77.6 cm³/mol. The third kappa shape index (κ3) is 3.60. The van der Waals surface area contributed by atoms with E-state index in [9.17, 15) is 0 Å². The Kier molecular flexibility index (Phi) is 4.86. The summed E-state index contributed by atoms with van der Waals surface area (Å²) < 4.78 is 13.2. The second-order valence-electron chi connectivity index (χ2n) is 3.76. The van der Waals surface area contributed by atoms with Gasteiger partial charge in [-0.25, -0.2) is 0 Å². The van der Waals surface area contributed by atoms with Crippen LogP contribution in [0, 0.1) is 0 Å². The van der Waals surface area contributed by atoms with Crippen molar-refractivity contribution in [2.45, 2.75) is 13.2 Å². The Morgan fingerprint density at radius 2 is 1.94 bits per heavy atom. The summed E-state index contributed by atoms with van der Waals surface area (Å²) in [5.74, 6) is 2.52. The molecule has 18 heavy (non-hydrogen) atoms. The molecular weight excluding hydrogens is 362 g/mol. The first-order valence-electron chi connectivity index (χ1n) is 5.49. The Morgan fingerprint density at radius 3 is 2.67 bits per heavy atom. The SMILES string of the molecule is CNCc1ccc(COc2ccc(Br)cc2Br)o1. The topological polar surface area (TPSA) is 34.4 Å². The van der Waals surface area contributed by atoms with Crippen molar-refractivity contribution in [3.8, 4) is 5.75 Å². The Bertz CT molecular complexity index is 525. The highest BCUT2D eigenvalue weighted by Gasteiger charge is 2.05. The number of hydrogen-bond acceptors (Lipinski definition) is 3. The van der Waals surface area contributed by atoms with Gasteiger partial charge in [0.15, 0.2) is 0 Å². The van der Waals surface area contributed by atoms with Crippen molar-refractivity contribution in [1.82, 2.24) is 5.32 Å². The molecule has 3 nitrogen and oxygen atoms in total. The van der Waals surface area contributed by atoms with Gasteiger partial charge in [-0.15, -0.1) is 0 Å². The average Bonchev–Trinajstić information content (AvgIpc) is 2.76. The fraction of sp³-hybridized carbons (Fsp3) is 0.231. The smallest absolute Gasteiger partial charge is 0.146 e. The van der Waals surface area contributed by atoms with E-state index in [0.29, 0.717) is 6.61 Å². The molecule has 96 valence electrons. The molecule has 2 aromatic rings. The summed E-state index contributed by atoms with van der Waals surface area (Å²) in [5.41, 5.74) is 0. The maximum absolute atomic E-state index is 5.69. The van der Waals surface area contributed by atoms with E-state index in [1.807, 2.05) is 37.4 Å². The molecule has 1 N–H and O–H groups in total. The zero-order valence-corrected chi connectivity index (χ0v) is 13.0. The minimum atomic E-state index is 0.421.